The molecule has 9 heteroatoms. The second kappa shape index (κ2) is 13.4. The van der Waals surface area contributed by atoms with E-state index in [0.29, 0.717) is 35.0 Å². The van der Waals surface area contributed by atoms with Crippen LogP contribution in [0, 0.1) is 0 Å². The summed E-state index contributed by atoms with van der Waals surface area (Å²) in [5.41, 5.74) is 1.14. The Morgan fingerprint density at radius 1 is 0.667 bits per heavy atom. The lowest BCUT2D eigenvalue weighted by molar-refractivity contribution is -0.147. The van der Waals surface area contributed by atoms with Gasteiger partial charge in [0, 0.05) is 30.3 Å². The topological polar surface area (TPSA) is 112 Å². The largest absolute Gasteiger partial charge is 0.497 e. The molecule has 0 heterocycles. The van der Waals surface area contributed by atoms with Gasteiger partial charge < -0.3 is 29.6 Å². The maximum Gasteiger partial charge on any atom is 0.306 e. The van der Waals surface area contributed by atoms with Gasteiger partial charge in [-0.25, -0.2) is 0 Å². The highest BCUT2D eigenvalue weighted by Gasteiger charge is 2.10. The van der Waals surface area contributed by atoms with Gasteiger partial charge in [0.1, 0.15) is 23.0 Å². The zero-order valence-electron chi connectivity index (χ0n) is 20.1. The van der Waals surface area contributed by atoms with Gasteiger partial charge in [-0.2, -0.15) is 0 Å². The molecule has 0 atom stereocenters. The van der Waals surface area contributed by atoms with Crippen molar-refractivity contribution in [1.82, 2.24) is 0 Å². The highest BCUT2D eigenvalue weighted by Crippen LogP contribution is 2.25. The monoisotopic (exact) mass is 492 g/mol. The van der Waals surface area contributed by atoms with E-state index < -0.39 is 18.5 Å². The van der Waals surface area contributed by atoms with Crippen molar-refractivity contribution in [3.63, 3.8) is 0 Å². The van der Waals surface area contributed by atoms with Crippen LogP contribution in [0.15, 0.2) is 72.8 Å². The molecule has 2 amide bonds. The molecule has 2 N–H and O–H groups in total. The molecule has 188 valence electrons. The zero-order valence-corrected chi connectivity index (χ0v) is 20.1. The first-order valence-corrected chi connectivity index (χ1v) is 11.3. The summed E-state index contributed by atoms with van der Waals surface area (Å²) in [4.78, 5) is 36.0. The van der Waals surface area contributed by atoms with Crippen LogP contribution in [0.4, 0.5) is 11.4 Å². The summed E-state index contributed by atoms with van der Waals surface area (Å²) in [7, 11) is 3.12. The normalized spacial score (nSPS) is 10.2. The average molecular weight is 493 g/mol. The number of benzene rings is 3. The van der Waals surface area contributed by atoms with E-state index in [4.69, 9.17) is 18.9 Å². The number of amides is 2. The molecule has 0 unspecified atom stereocenters. The lowest BCUT2D eigenvalue weighted by Crippen LogP contribution is -2.21. The van der Waals surface area contributed by atoms with Crippen LogP contribution < -0.4 is 24.8 Å². The van der Waals surface area contributed by atoms with Gasteiger partial charge in [-0.05, 0) is 67.1 Å². The van der Waals surface area contributed by atoms with Crippen molar-refractivity contribution >= 4 is 29.2 Å². The standard InChI is InChI=1S/C27H28N2O7/c1-33-21-13-15-23(16-14-21)36-22-11-9-19(10-12-22)28-25(30)7-4-8-27(32)35-18-26(31)29-20-5-3-6-24(17-20)34-2/h3,5-6,9-17H,4,7-8,18H2,1-2H3,(H,28,30)(H,29,31). The Morgan fingerprint density at radius 3 is 1.94 bits per heavy atom. The van der Waals surface area contributed by atoms with Crippen LogP contribution in [0.3, 0.4) is 0 Å². The minimum absolute atomic E-state index is 0.0223. The third-order valence-corrected chi connectivity index (χ3v) is 4.94. The fourth-order valence-corrected chi connectivity index (χ4v) is 3.12. The van der Waals surface area contributed by atoms with Crippen LogP contribution in [0.1, 0.15) is 19.3 Å². The van der Waals surface area contributed by atoms with Gasteiger partial charge in [0.2, 0.25) is 5.91 Å². The Balaban J connectivity index is 1.32. The summed E-state index contributed by atoms with van der Waals surface area (Å²) in [6.45, 7) is -0.410. The molecule has 3 rings (SSSR count). The zero-order chi connectivity index (χ0) is 25.8. The lowest BCUT2D eigenvalue weighted by Gasteiger charge is -2.09. The van der Waals surface area contributed by atoms with E-state index >= 15 is 0 Å². The van der Waals surface area contributed by atoms with E-state index in [2.05, 4.69) is 10.6 Å². The summed E-state index contributed by atoms with van der Waals surface area (Å²) < 4.78 is 20.9. The number of hydrogen-bond donors (Lipinski definition) is 2. The first kappa shape index (κ1) is 26.1. The Labute approximate surface area is 209 Å². The molecule has 0 aliphatic carbocycles. The molecule has 0 aromatic heterocycles. The van der Waals surface area contributed by atoms with E-state index in [9.17, 15) is 14.4 Å². The predicted octanol–water partition coefficient (Wildman–Crippen LogP) is 4.79. The minimum Gasteiger partial charge on any atom is -0.497 e. The molecule has 3 aromatic rings. The van der Waals surface area contributed by atoms with E-state index in [1.165, 1.54) is 7.11 Å². The number of methoxy groups -OCH3 is 2. The molecule has 0 saturated heterocycles. The second-order valence-corrected chi connectivity index (χ2v) is 7.64. The van der Waals surface area contributed by atoms with Crippen LogP contribution in [0.25, 0.3) is 0 Å². The third-order valence-electron chi connectivity index (χ3n) is 4.94. The van der Waals surface area contributed by atoms with Crippen molar-refractivity contribution in [1.29, 1.82) is 0 Å². The number of carbonyl (C=O) groups is 3. The molecular formula is C27H28N2O7. The van der Waals surface area contributed by atoms with Crippen molar-refractivity contribution in [2.24, 2.45) is 0 Å². The van der Waals surface area contributed by atoms with E-state index in [1.54, 1.807) is 79.9 Å². The molecule has 0 radical (unpaired) electrons. The Hall–Kier alpha value is -4.53. The first-order valence-electron chi connectivity index (χ1n) is 11.3. The number of rotatable bonds is 12. The van der Waals surface area contributed by atoms with Crippen molar-refractivity contribution in [3.05, 3.63) is 72.8 Å². The van der Waals surface area contributed by atoms with Crippen LogP contribution in [0.5, 0.6) is 23.0 Å². The SMILES string of the molecule is COc1ccc(Oc2ccc(NC(=O)CCCC(=O)OCC(=O)Nc3cccc(OC)c3)cc2)cc1. The predicted molar refractivity (Wildman–Crippen MR) is 135 cm³/mol. The Morgan fingerprint density at radius 2 is 1.28 bits per heavy atom. The van der Waals surface area contributed by atoms with Crippen molar-refractivity contribution in [2.75, 3.05) is 31.5 Å². The van der Waals surface area contributed by atoms with Crippen LogP contribution in [-0.2, 0) is 19.1 Å². The number of hydrogen-bond acceptors (Lipinski definition) is 7. The van der Waals surface area contributed by atoms with Crippen LogP contribution in [0.2, 0.25) is 0 Å². The smallest absolute Gasteiger partial charge is 0.306 e. The maximum absolute atomic E-state index is 12.2. The van der Waals surface area contributed by atoms with E-state index in [0.717, 1.165) is 5.75 Å². The van der Waals surface area contributed by atoms with Gasteiger partial charge in [0.15, 0.2) is 6.61 Å². The van der Waals surface area contributed by atoms with Crippen molar-refractivity contribution < 1.29 is 33.3 Å². The molecule has 0 bridgehead atoms. The summed E-state index contributed by atoms with van der Waals surface area (Å²) in [6.07, 6.45) is 0.449. The fraction of sp³-hybridized carbons (Fsp3) is 0.222. The maximum atomic E-state index is 12.2. The molecule has 0 aliphatic rings. The van der Waals surface area contributed by atoms with Crippen molar-refractivity contribution in [2.45, 2.75) is 19.3 Å². The van der Waals surface area contributed by atoms with Crippen molar-refractivity contribution in [3.8, 4) is 23.0 Å². The van der Waals surface area contributed by atoms with Crippen LogP contribution in [-0.4, -0.2) is 38.6 Å². The average Bonchev–Trinajstić information content (AvgIpc) is 2.89. The van der Waals surface area contributed by atoms with E-state index in [-0.39, 0.29) is 18.7 Å². The van der Waals surface area contributed by atoms with E-state index in [1.807, 2.05) is 0 Å². The third kappa shape index (κ3) is 8.68. The van der Waals surface area contributed by atoms with Gasteiger partial charge in [0.05, 0.1) is 14.2 Å². The number of ether oxygens (including phenoxy) is 4. The van der Waals surface area contributed by atoms with Gasteiger partial charge in [-0.15, -0.1) is 0 Å². The number of anilines is 2. The Bertz CT molecular complexity index is 1160. The van der Waals surface area contributed by atoms with Gasteiger partial charge >= 0.3 is 5.97 Å². The molecule has 0 spiro atoms. The Kier molecular flexibility index (Phi) is 9.69. The summed E-state index contributed by atoms with van der Waals surface area (Å²) in [6, 6.07) is 21.0. The lowest BCUT2D eigenvalue weighted by atomic mass is 10.2. The highest BCUT2D eigenvalue weighted by molar-refractivity contribution is 5.93. The molecule has 0 aliphatic heterocycles. The highest BCUT2D eigenvalue weighted by atomic mass is 16.5. The summed E-state index contributed by atoms with van der Waals surface area (Å²) in [5.74, 6) is 1.37. The number of esters is 1. The molecular weight excluding hydrogens is 464 g/mol. The number of carbonyl (C=O) groups excluding carboxylic acids is 3. The molecule has 0 saturated carbocycles. The minimum atomic E-state index is -0.552. The molecule has 9 nitrogen and oxygen atoms in total. The summed E-state index contributed by atoms with van der Waals surface area (Å²) in [5, 5.41) is 5.39. The molecule has 3 aromatic carbocycles. The van der Waals surface area contributed by atoms with Crippen LogP contribution >= 0.6 is 0 Å². The van der Waals surface area contributed by atoms with Gasteiger partial charge in [-0.1, -0.05) is 6.07 Å². The van der Waals surface area contributed by atoms with Gasteiger partial charge in [0.25, 0.3) is 5.91 Å². The molecule has 36 heavy (non-hydrogen) atoms. The second-order valence-electron chi connectivity index (χ2n) is 7.64. The first-order chi connectivity index (χ1) is 17.4. The molecule has 0 fully saturated rings. The van der Waals surface area contributed by atoms with Gasteiger partial charge in [-0.3, -0.25) is 14.4 Å². The summed E-state index contributed by atoms with van der Waals surface area (Å²) >= 11 is 0. The number of nitrogens with one attached hydrogen (secondary N) is 2. The fourth-order valence-electron chi connectivity index (χ4n) is 3.12. The quantitative estimate of drug-likeness (QED) is 0.350.